The van der Waals surface area contributed by atoms with Crippen LogP contribution in [0.3, 0.4) is 0 Å². The Morgan fingerprint density at radius 2 is 1.83 bits per heavy atom. The number of carbonyl (C=O) groups excluding carboxylic acids is 3. The van der Waals surface area contributed by atoms with Crippen molar-refractivity contribution in [3.63, 3.8) is 0 Å². The average molecular weight is 587 g/mol. The number of likely N-dealkylation sites (N-methyl/N-ethyl adjacent to an activating group) is 1. The number of aromatic nitrogens is 4. The van der Waals surface area contributed by atoms with Crippen molar-refractivity contribution in [2.24, 2.45) is 5.92 Å². The monoisotopic (exact) mass is 586 g/mol. The smallest absolute Gasteiger partial charge is 0.409 e. The van der Waals surface area contributed by atoms with Crippen LogP contribution in [0, 0.1) is 17.7 Å². The lowest BCUT2D eigenvalue weighted by Crippen LogP contribution is -2.35. The molecule has 0 saturated carbocycles. The zero-order valence-corrected chi connectivity index (χ0v) is 24.6. The molecule has 1 atom stereocenters. The number of ketones is 1. The predicted molar refractivity (Wildman–Crippen MR) is 152 cm³/mol. The molecule has 0 aliphatic heterocycles. The second-order valence-corrected chi connectivity index (χ2v) is 10.8. The lowest BCUT2D eigenvalue weighted by Gasteiger charge is -2.19. The van der Waals surface area contributed by atoms with Gasteiger partial charge in [-0.05, 0) is 43.4 Å². The van der Waals surface area contributed by atoms with E-state index in [1.54, 1.807) is 20.2 Å². The maximum absolute atomic E-state index is 14.8. The number of nitrogens with zero attached hydrogens (tertiary/aromatic N) is 5. The number of hydrogen-bond donors (Lipinski definition) is 1. The normalized spacial score (nSPS) is 12.2. The SMILES string of the molecule is CC(C)Cc1ncc(F)c2nc(Cn3c(F)ccc(CC(=O)[C@H](CC/C=C/C(=O)N(C)C)OC(=O)N(C)C)c3=O)[nH]c12. The lowest BCUT2D eigenvalue weighted by molar-refractivity contribution is -0.127. The van der Waals surface area contributed by atoms with Gasteiger partial charge >= 0.3 is 6.09 Å². The summed E-state index contributed by atoms with van der Waals surface area (Å²) in [5.41, 5.74) is 0.230. The number of ether oxygens (including phenoxy) is 1. The summed E-state index contributed by atoms with van der Waals surface area (Å²) < 4.78 is 35.4. The van der Waals surface area contributed by atoms with Crippen LogP contribution in [0.5, 0.6) is 0 Å². The van der Waals surface area contributed by atoms with Gasteiger partial charge in [0.1, 0.15) is 11.3 Å². The van der Waals surface area contributed by atoms with Gasteiger partial charge in [-0.15, -0.1) is 0 Å². The van der Waals surface area contributed by atoms with Crippen LogP contribution >= 0.6 is 0 Å². The summed E-state index contributed by atoms with van der Waals surface area (Å²) in [6.07, 6.45) is 2.49. The molecular formula is C29H36F2N6O5. The zero-order valence-electron chi connectivity index (χ0n) is 24.6. The van der Waals surface area contributed by atoms with Gasteiger partial charge in [-0.1, -0.05) is 19.9 Å². The zero-order chi connectivity index (χ0) is 31.1. The van der Waals surface area contributed by atoms with Crippen LogP contribution in [0.4, 0.5) is 13.6 Å². The van der Waals surface area contributed by atoms with E-state index in [4.69, 9.17) is 4.74 Å². The number of carbonyl (C=O) groups is 3. The first-order chi connectivity index (χ1) is 19.8. The third kappa shape index (κ3) is 8.08. The minimum Gasteiger partial charge on any atom is -0.438 e. The van der Waals surface area contributed by atoms with Crippen LogP contribution in [0.25, 0.3) is 11.0 Å². The summed E-state index contributed by atoms with van der Waals surface area (Å²) in [6, 6.07) is 2.25. The molecule has 42 heavy (non-hydrogen) atoms. The van der Waals surface area contributed by atoms with E-state index in [1.165, 1.54) is 31.1 Å². The number of hydrogen-bond acceptors (Lipinski definition) is 7. The average Bonchev–Trinajstić information content (AvgIpc) is 3.36. The van der Waals surface area contributed by atoms with Gasteiger partial charge in [0.05, 0.1) is 24.0 Å². The summed E-state index contributed by atoms with van der Waals surface area (Å²) in [5, 5.41) is 0. The van der Waals surface area contributed by atoms with Gasteiger partial charge in [0.15, 0.2) is 23.7 Å². The van der Waals surface area contributed by atoms with E-state index >= 15 is 0 Å². The Balaban J connectivity index is 1.85. The van der Waals surface area contributed by atoms with Gasteiger partial charge in [-0.25, -0.2) is 14.2 Å². The summed E-state index contributed by atoms with van der Waals surface area (Å²) in [6.45, 7) is 3.64. The fraction of sp³-hybridized carbons (Fsp3) is 0.448. The molecule has 3 heterocycles. The van der Waals surface area contributed by atoms with Gasteiger partial charge in [0.25, 0.3) is 5.56 Å². The number of aromatic amines is 1. The van der Waals surface area contributed by atoms with Gasteiger partial charge in [-0.3, -0.25) is 23.9 Å². The Kier molecular flexibility index (Phi) is 10.7. The molecule has 2 amide bonds. The molecular weight excluding hydrogens is 550 g/mol. The predicted octanol–water partition coefficient (Wildman–Crippen LogP) is 3.25. The van der Waals surface area contributed by atoms with Gasteiger partial charge in [0, 0.05) is 40.2 Å². The minimum atomic E-state index is -1.21. The molecule has 0 fully saturated rings. The molecule has 226 valence electrons. The third-order valence-electron chi connectivity index (χ3n) is 6.34. The quantitative estimate of drug-likeness (QED) is 0.255. The van der Waals surface area contributed by atoms with Crippen molar-refractivity contribution >= 4 is 28.8 Å². The van der Waals surface area contributed by atoms with Crippen LogP contribution in [0.15, 0.2) is 35.3 Å². The van der Waals surface area contributed by atoms with E-state index < -0.39 is 41.7 Å². The van der Waals surface area contributed by atoms with Crippen molar-refractivity contribution in [2.75, 3.05) is 28.2 Å². The summed E-state index contributed by atoms with van der Waals surface area (Å²) in [4.78, 5) is 64.3. The molecule has 0 spiro atoms. The fourth-order valence-corrected chi connectivity index (χ4v) is 4.11. The second-order valence-electron chi connectivity index (χ2n) is 10.8. The number of nitrogens with one attached hydrogen (secondary N) is 1. The molecule has 3 aromatic rings. The van der Waals surface area contributed by atoms with E-state index in [0.717, 1.165) is 21.7 Å². The first-order valence-electron chi connectivity index (χ1n) is 13.5. The van der Waals surface area contributed by atoms with Crippen molar-refractivity contribution < 1.29 is 27.9 Å². The van der Waals surface area contributed by atoms with E-state index in [2.05, 4.69) is 15.0 Å². The van der Waals surface area contributed by atoms with Gasteiger partial charge < -0.3 is 19.5 Å². The topological polar surface area (TPSA) is 130 Å². The van der Waals surface area contributed by atoms with Crippen molar-refractivity contribution in [2.45, 2.75) is 52.2 Å². The van der Waals surface area contributed by atoms with Crippen molar-refractivity contribution in [3.8, 4) is 0 Å². The molecule has 3 rings (SSSR count). The van der Waals surface area contributed by atoms with E-state index in [-0.39, 0.29) is 48.1 Å². The molecule has 0 aliphatic rings. The number of H-pyrrole nitrogens is 1. The summed E-state index contributed by atoms with van der Waals surface area (Å²) in [5.74, 6) is -1.94. The Hall–Kier alpha value is -4.42. The second kappa shape index (κ2) is 14.0. The highest BCUT2D eigenvalue weighted by molar-refractivity contribution is 5.88. The van der Waals surface area contributed by atoms with Crippen LogP contribution in [-0.4, -0.2) is 81.4 Å². The highest BCUT2D eigenvalue weighted by Gasteiger charge is 2.25. The van der Waals surface area contributed by atoms with Crippen LogP contribution < -0.4 is 5.56 Å². The Morgan fingerprint density at radius 3 is 2.48 bits per heavy atom. The van der Waals surface area contributed by atoms with Gasteiger partial charge in [-0.2, -0.15) is 4.39 Å². The first-order valence-corrected chi connectivity index (χ1v) is 13.5. The number of fused-ring (bicyclic) bond motifs is 1. The Bertz CT molecular complexity index is 1540. The number of amides is 2. The number of pyridine rings is 2. The minimum absolute atomic E-state index is 0.0184. The van der Waals surface area contributed by atoms with Crippen molar-refractivity contribution in [3.05, 3.63) is 69.7 Å². The number of allylic oxidation sites excluding steroid dienone is 1. The highest BCUT2D eigenvalue weighted by Crippen LogP contribution is 2.21. The molecule has 0 radical (unpaired) electrons. The van der Waals surface area contributed by atoms with Crippen LogP contribution in [-0.2, 0) is 33.7 Å². The number of halogens is 2. The van der Waals surface area contributed by atoms with E-state index in [0.29, 0.717) is 17.6 Å². The molecule has 13 heteroatoms. The molecule has 0 saturated heterocycles. The molecule has 1 N–H and O–H groups in total. The molecule has 0 unspecified atom stereocenters. The fourth-order valence-electron chi connectivity index (χ4n) is 4.11. The van der Waals surface area contributed by atoms with E-state index in [9.17, 15) is 28.0 Å². The van der Waals surface area contributed by atoms with Gasteiger partial charge in [0.2, 0.25) is 5.91 Å². The number of imidazole rings is 1. The van der Waals surface area contributed by atoms with Crippen LogP contribution in [0.1, 0.15) is 43.8 Å². The maximum Gasteiger partial charge on any atom is 0.409 e. The number of Topliss-reactive ketones (excluding diaryl/α,β-unsaturated/α-hetero) is 1. The molecule has 11 nitrogen and oxygen atoms in total. The largest absolute Gasteiger partial charge is 0.438 e. The summed E-state index contributed by atoms with van der Waals surface area (Å²) in [7, 11) is 6.12. The van der Waals surface area contributed by atoms with Crippen LogP contribution in [0.2, 0.25) is 0 Å². The number of rotatable bonds is 12. The maximum atomic E-state index is 14.8. The third-order valence-corrected chi connectivity index (χ3v) is 6.34. The molecule has 0 bridgehead atoms. The molecule has 3 aromatic heterocycles. The van der Waals surface area contributed by atoms with Crippen molar-refractivity contribution in [1.29, 1.82) is 0 Å². The van der Waals surface area contributed by atoms with E-state index in [1.807, 2.05) is 13.8 Å². The Labute approximate surface area is 242 Å². The van der Waals surface area contributed by atoms with Crippen molar-refractivity contribution in [1.82, 2.24) is 29.3 Å². The lowest BCUT2D eigenvalue weighted by atomic mass is 10.0. The standard InChI is InChI=1S/C29H36F2N6O5/c1-17(2)13-20-27-26(19(30)15-32-20)33-24(34-27)16-37-23(31)12-11-18(28(37)40)14-21(38)22(42-29(41)36(5)6)9-7-8-10-25(39)35(3)4/h8,10-12,15,17,22H,7,9,13-14,16H2,1-6H3,(H,33,34)/b10-8+/t22-/m0/s1. The molecule has 0 aromatic carbocycles. The first kappa shape index (κ1) is 32.1. The Morgan fingerprint density at radius 1 is 1.12 bits per heavy atom. The highest BCUT2D eigenvalue weighted by atomic mass is 19.1. The summed E-state index contributed by atoms with van der Waals surface area (Å²) >= 11 is 0. The molecule has 0 aliphatic carbocycles.